The number of hydrogen-bond acceptors (Lipinski definition) is 0. The third-order valence-corrected chi connectivity index (χ3v) is 4.75. The molecule has 0 spiro atoms. The van der Waals surface area contributed by atoms with Crippen LogP contribution in [0.5, 0.6) is 0 Å². The molecular weight excluding hydrogens is 308 g/mol. The van der Waals surface area contributed by atoms with Crippen molar-refractivity contribution in [2.45, 2.75) is 33.6 Å². The van der Waals surface area contributed by atoms with Gasteiger partial charge in [-0.1, -0.05) is 52.7 Å². The van der Waals surface area contributed by atoms with E-state index >= 15 is 0 Å². The van der Waals surface area contributed by atoms with Crippen molar-refractivity contribution in [2.24, 2.45) is 0 Å². The van der Waals surface area contributed by atoms with Gasteiger partial charge < -0.3 is 0 Å². The van der Waals surface area contributed by atoms with Gasteiger partial charge in [-0.25, -0.2) is 0 Å². The molecular formula is C19H19Br. The number of benzene rings is 2. The lowest BCUT2D eigenvalue weighted by molar-refractivity contribution is 1.00. The molecule has 2 aromatic carbocycles. The smallest absolute Gasteiger partial charge is 0.0178 e. The summed E-state index contributed by atoms with van der Waals surface area (Å²) in [4.78, 5) is 0. The molecule has 0 radical (unpaired) electrons. The summed E-state index contributed by atoms with van der Waals surface area (Å²) in [6.45, 7) is 8.93. The van der Waals surface area contributed by atoms with E-state index in [0.717, 1.165) is 4.47 Å². The zero-order valence-electron chi connectivity index (χ0n) is 12.4. The van der Waals surface area contributed by atoms with Crippen LogP contribution in [0.25, 0.3) is 11.6 Å². The summed E-state index contributed by atoms with van der Waals surface area (Å²) in [7, 11) is 0. The molecule has 1 aliphatic carbocycles. The number of halogens is 1. The first-order chi connectivity index (χ1) is 9.47. The van der Waals surface area contributed by atoms with Gasteiger partial charge in [0.15, 0.2) is 0 Å². The van der Waals surface area contributed by atoms with Crippen LogP contribution in [-0.2, 0) is 0 Å². The highest BCUT2D eigenvalue weighted by molar-refractivity contribution is 9.10. The maximum absolute atomic E-state index is 3.58. The Balaban J connectivity index is 2.15. The average molecular weight is 327 g/mol. The molecule has 1 heteroatoms. The van der Waals surface area contributed by atoms with Crippen LogP contribution in [0.3, 0.4) is 0 Å². The molecule has 0 nitrogen and oxygen atoms in total. The third-order valence-electron chi connectivity index (χ3n) is 4.26. The molecule has 1 unspecified atom stereocenters. The Kier molecular flexibility index (Phi) is 3.33. The SMILES string of the molecule is Cc1cc(C)c(C2=Cc3ccc(Br)cc3C2C)c(C)c1. The summed E-state index contributed by atoms with van der Waals surface area (Å²) in [5.74, 6) is 0.461. The normalized spacial score (nSPS) is 17.1. The van der Waals surface area contributed by atoms with Crippen molar-refractivity contribution in [3.05, 3.63) is 68.2 Å². The van der Waals surface area contributed by atoms with Crippen molar-refractivity contribution in [3.63, 3.8) is 0 Å². The van der Waals surface area contributed by atoms with Crippen molar-refractivity contribution in [1.29, 1.82) is 0 Å². The molecule has 2 aromatic rings. The molecule has 102 valence electrons. The Morgan fingerprint density at radius 2 is 1.60 bits per heavy atom. The fraction of sp³-hybridized carbons (Fsp3) is 0.263. The highest BCUT2D eigenvalue weighted by atomic mass is 79.9. The van der Waals surface area contributed by atoms with E-state index in [0.29, 0.717) is 5.92 Å². The van der Waals surface area contributed by atoms with Crippen LogP contribution < -0.4 is 0 Å². The van der Waals surface area contributed by atoms with Gasteiger partial charge in [-0.3, -0.25) is 0 Å². The molecule has 0 heterocycles. The third kappa shape index (κ3) is 2.14. The number of rotatable bonds is 1. The maximum Gasteiger partial charge on any atom is 0.0178 e. The van der Waals surface area contributed by atoms with Crippen LogP contribution in [0, 0.1) is 20.8 Å². The predicted molar refractivity (Wildman–Crippen MR) is 91.1 cm³/mol. The summed E-state index contributed by atoms with van der Waals surface area (Å²) < 4.78 is 1.16. The molecule has 3 rings (SSSR count). The minimum atomic E-state index is 0.461. The van der Waals surface area contributed by atoms with E-state index in [1.165, 1.54) is 39.0 Å². The zero-order chi connectivity index (χ0) is 14.4. The molecule has 0 saturated heterocycles. The number of aryl methyl sites for hydroxylation is 3. The molecule has 0 amide bonds. The van der Waals surface area contributed by atoms with Crippen LogP contribution in [-0.4, -0.2) is 0 Å². The van der Waals surface area contributed by atoms with Crippen LogP contribution >= 0.6 is 15.9 Å². The van der Waals surface area contributed by atoms with E-state index in [-0.39, 0.29) is 0 Å². The van der Waals surface area contributed by atoms with E-state index in [1.54, 1.807) is 0 Å². The summed E-state index contributed by atoms with van der Waals surface area (Å²) in [6, 6.07) is 11.2. The second-order valence-electron chi connectivity index (χ2n) is 5.87. The Morgan fingerprint density at radius 1 is 0.950 bits per heavy atom. The monoisotopic (exact) mass is 326 g/mol. The maximum atomic E-state index is 3.58. The van der Waals surface area contributed by atoms with E-state index < -0.39 is 0 Å². The van der Waals surface area contributed by atoms with Gasteiger partial charge in [-0.05, 0) is 66.3 Å². The van der Waals surface area contributed by atoms with Gasteiger partial charge in [0.25, 0.3) is 0 Å². The first-order valence-corrected chi connectivity index (χ1v) is 7.86. The van der Waals surface area contributed by atoms with Gasteiger partial charge in [-0.2, -0.15) is 0 Å². The highest BCUT2D eigenvalue weighted by Crippen LogP contribution is 2.44. The lowest BCUT2D eigenvalue weighted by atomic mass is 9.87. The number of fused-ring (bicyclic) bond motifs is 1. The first kappa shape index (κ1) is 13.6. The van der Waals surface area contributed by atoms with E-state index in [2.05, 4.69) is 80.0 Å². The topological polar surface area (TPSA) is 0 Å². The summed E-state index contributed by atoms with van der Waals surface area (Å²) >= 11 is 3.58. The molecule has 0 N–H and O–H groups in total. The molecule has 1 aliphatic rings. The van der Waals surface area contributed by atoms with Crippen molar-refractivity contribution in [1.82, 2.24) is 0 Å². The second-order valence-corrected chi connectivity index (χ2v) is 6.78. The fourth-order valence-corrected chi connectivity index (χ4v) is 3.81. The molecule has 0 aromatic heterocycles. The predicted octanol–water partition coefficient (Wildman–Crippen LogP) is 6.03. The van der Waals surface area contributed by atoms with Gasteiger partial charge >= 0.3 is 0 Å². The van der Waals surface area contributed by atoms with Gasteiger partial charge in [0.1, 0.15) is 0 Å². The minimum absolute atomic E-state index is 0.461. The molecule has 1 atom stereocenters. The molecule has 0 aliphatic heterocycles. The Hall–Kier alpha value is -1.34. The molecule has 20 heavy (non-hydrogen) atoms. The zero-order valence-corrected chi connectivity index (χ0v) is 14.0. The van der Waals surface area contributed by atoms with Crippen molar-refractivity contribution < 1.29 is 0 Å². The standard InChI is InChI=1S/C19H19Br/c1-11-7-12(2)19(13(3)8-11)18-9-15-5-6-16(20)10-17(15)14(18)4/h5-10,14H,1-4H3. The van der Waals surface area contributed by atoms with Crippen LogP contribution in [0.15, 0.2) is 34.8 Å². The van der Waals surface area contributed by atoms with Crippen molar-refractivity contribution >= 4 is 27.6 Å². The quantitative estimate of drug-likeness (QED) is 0.600. The Bertz CT molecular complexity index is 700. The largest absolute Gasteiger partial charge is 0.0558 e. The number of hydrogen-bond donors (Lipinski definition) is 0. The van der Waals surface area contributed by atoms with Crippen molar-refractivity contribution in [3.8, 4) is 0 Å². The average Bonchev–Trinajstić information content (AvgIpc) is 2.66. The van der Waals surface area contributed by atoms with Crippen LogP contribution in [0.1, 0.15) is 46.2 Å². The van der Waals surface area contributed by atoms with Crippen molar-refractivity contribution in [2.75, 3.05) is 0 Å². The van der Waals surface area contributed by atoms with Crippen LogP contribution in [0.4, 0.5) is 0 Å². The van der Waals surface area contributed by atoms with Gasteiger partial charge in [0.2, 0.25) is 0 Å². The summed E-state index contributed by atoms with van der Waals surface area (Å²) in [5, 5.41) is 0. The lowest BCUT2D eigenvalue weighted by Crippen LogP contribution is -1.99. The van der Waals surface area contributed by atoms with Crippen LogP contribution in [0.2, 0.25) is 0 Å². The first-order valence-electron chi connectivity index (χ1n) is 7.06. The summed E-state index contributed by atoms with van der Waals surface area (Å²) in [5.41, 5.74) is 9.77. The highest BCUT2D eigenvalue weighted by Gasteiger charge is 2.24. The minimum Gasteiger partial charge on any atom is -0.0558 e. The van der Waals surface area contributed by atoms with Gasteiger partial charge in [0.05, 0.1) is 0 Å². The van der Waals surface area contributed by atoms with E-state index in [4.69, 9.17) is 0 Å². The fourth-order valence-electron chi connectivity index (χ4n) is 3.44. The lowest BCUT2D eigenvalue weighted by Gasteiger charge is -2.17. The number of allylic oxidation sites excluding steroid dienone is 1. The van der Waals surface area contributed by atoms with E-state index in [1.807, 2.05) is 0 Å². The Morgan fingerprint density at radius 3 is 2.25 bits per heavy atom. The Labute approximate surface area is 129 Å². The van der Waals surface area contributed by atoms with E-state index in [9.17, 15) is 0 Å². The van der Waals surface area contributed by atoms with Gasteiger partial charge in [-0.15, -0.1) is 0 Å². The molecule has 0 saturated carbocycles. The second kappa shape index (κ2) is 4.89. The van der Waals surface area contributed by atoms with Gasteiger partial charge in [0, 0.05) is 10.4 Å². The summed E-state index contributed by atoms with van der Waals surface area (Å²) in [6.07, 6.45) is 2.36. The molecule has 0 fully saturated rings. The molecule has 0 bridgehead atoms.